The van der Waals surface area contributed by atoms with E-state index in [0.29, 0.717) is 23.7 Å². The maximum Gasteiger partial charge on any atom is 0.153 e. The lowest BCUT2D eigenvalue weighted by Crippen LogP contribution is -1.99. The summed E-state index contributed by atoms with van der Waals surface area (Å²) in [6.07, 6.45) is 0.780. The molecule has 98 valence electrons. The summed E-state index contributed by atoms with van der Waals surface area (Å²) in [4.78, 5) is 11.0. The molecule has 0 saturated carbocycles. The fourth-order valence-electron chi connectivity index (χ4n) is 1.61. The van der Waals surface area contributed by atoms with Crippen LogP contribution < -0.4 is 9.47 Å². The Bertz CT molecular complexity index is 564. The summed E-state index contributed by atoms with van der Waals surface area (Å²) in [5, 5.41) is 0. The van der Waals surface area contributed by atoms with E-state index in [-0.39, 0.29) is 0 Å². The molecule has 0 aromatic heterocycles. The zero-order valence-corrected chi connectivity index (χ0v) is 12.6. The molecule has 0 fully saturated rings. The largest absolute Gasteiger partial charge is 0.497 e. The lowest BCUT2D eigenvalue weighted by molar-refractivity contribution is 0.111. The number of carbonyl (C=O) groups excluding carboxylic acids is 1. The second kappa shape index (κ2) is 6.56. The highest BCUT2D eigenvalue weighted by Gasteiger charge is 2.05. The SMILES string of the molecule is COc1ccc(C=O)c(OCc2ccc(I)cc2)c1. The molecule has 19 heavy (non-hydrogen) atoms. The van der Waals surface area contributed by atoms with E-state index in [1.807, 2.05) is 24.3 Å². The van der Waals surface area contributed by atoms with Crippen molar-refractivity contribution in [3.63, 3.8) is 0 Å². The topological polar surface area (TPSA) is 35.5 Å². The molecule has 2 rings (SSSR count). The third-order valence-electron chi connectivity index (χ3n) is 2.66. The Morgan fingerprint density at radius 1 is 1.16 bits per heavy atom. The summed E-state index contributed by atoms with van der Waals surface area (Å²) in [6.45, 7) is 0.422. The number of hydrogen-bond donors (Lipinski definition) is 0. The predicted molar refractivity (Wildman–Crippen MR) is 81.9 cm³/mol. The maximum atomic E-state index is 11.0. The summed E-state index contributed by atoms with van der Waals surface area (Å²) in [7, 11) is 1.58. The number of ether oxygens (including phenoxy) is 2. The summed E-state index contributed by atoms with van der Waals surface area (Å²) in [5.41, 5.74) is 1.58. The molecule has 0 N–H and O–H groups in total. The van der Waals surface area contributed by atoms with Gasteiger partial charge in [-0.25, -0.2) is 0 Å². The standard InChI is InChI=1S/C15H13IO3/c1-18-14-7-4-12(9-17)15(8-14)19-10-11-2-5-13(16)6-3-11/h2-9H,10H2,1H3. The Kier molecular flexibility index (Phi) is 4.79. The quantitative estimate of drug-likeness (QED) is 0.597. The predicted octanol–water partition coefficient (Wildman–Crippen LogP) is 3.69. The smallest absolute Gasteiger partial charge is 0.153 e. The van der Waals surface area contributed by atoms with Crippen molar-refractivity contribution < 1.29 is 14.3 Å². The number of aldehydes is 1. The number of benzene rings is 2. The van der Waals surface area contributed by atoms with Gasteiger partial charge < -0.3 is 9.47 Å². The van der Waals surface area contributed by atoms with Crippen molar-refractivity contribution in [3.05, 3.63) is 57.2 Å². The van der Waals surface area contributed by atoms with Crippen LogP contribution in [0.1, 0.15) is 15.9 Å². The number of methoxy groups -OCH3 is 1. The number of halogens is 1. The van der Waals surface area contributed by atoms with E-state index < -0.39 is 0 Å². The third kappa shape index (κ3) is 3.70. The molecule has 0 heterocycles. The van der Waals surface area contributed by atoms with E-state index in [4.69, 9.17) is 9.47 Å². The number of rotatable bonds is 5. The minimum Gasteiger partial charge on any atom is -0.497 e. The minimum absolute atomic E-state index is 0.422. The van der Waals surface area contributed by atoms with E-state index >= 15 is 0 Å². The fraction of sp³-hybridized carbons (Fsp3) is 0.133. The Balaban J connectivity index is 2.13. The highest BCUT2D eigenvalue weighted by molar-refractivity contribution is 14.1. The van der Waals surface area contributed by atoms with E-state index in [0.717, 1.165) is 11.8 Å². The molecule has 0 spiro atoms. The van der Waals surface area contributed by atoms with E-state index in [1.54, 1.807) is 25.3 Å². The number of hydrogen-bond acceptors (Lipinski definition) is 3. The van der Waals surface area contributed by atoms with Crippen LogP contribution in [-0.2, 0) is 6.61 Å². The van der Waals surface area contributed by atoms with Gasteiger partial charge >= 0.3 is 0 Å². The van der Waals surface area contributed by atoms with Gasteiger partial charge in [-0.15, -0.1) is 0 Å². The average molecular weight is 368 g/mol. The van der Waals surface area contributed by atoms with Crippen molar-refractivity contribution in [1.82, 2.24) is 0 Å². The van der Waals surface area contributed by atoms with E-state index in [1.165, 1.54) is 3.57 Å². The average Bonchev–Trinajstić information content (AvgIpc) is 2.46. The van der Waals surface area contributed by atoms with Crippen LogP contribution >= 0.6 is 22.6 Å². The van der Waals surface area contributed by atoms with Crippen LogP contribution in [0, 0.1) is 3.57 Å². The first-order chi connectivity index (χ1) is 9.22. The van der Waals surface area contributed by atoms with E-state index in [9.17, 15) is 4.79 Å². The molecule has 4 heteroatoms. The van der Waals surface area contributed by atoms with Crippen LogP contribution in [0.4, 0.5) is 0 Å². The highest BCUT2D eigenvalue weighted by atomic mass is 127. The van der Waals surface area contributed by atoms with Crippen molar-refractivity contribution in [3.8, 4) is 11.5 Å². The van der Waals surface area contributed by atoms with Gasteiger partial charge in [0.05, 0.1) is 12.7 Å². The molecule has 2 aromatic rings. The van der Waals surface area contributed by atoms with Crippen molar-refractivity contribution in [2.24, 2.45) is 0 Å². The zero-order chi connectivity index (χ0) is 13.7. The third-order valence-corrected chi connectivity index (χ3v) is 3.37. The first-order valence-corrected chi connectivity index (χ1v) is 6.81. The Morgan fingerprint density at radius 2 is 1.89 bits per heavy atom. The van der Waals surface area contributed by atoms with Crippen LogP contribution in [0.15, 0.2) is 42.5 Å². The molecule has 2 aromatic carbocycles. The molecule has 0 aliphatic rings. The Hall–Kier alpha value is -1.56. The van der Waals surface area contributed by atoms with Gasteiger partial charge in [-0.2, -0.15) is 0 Å². The zero-order valence-electron chi connectivity index (χ0n) is 10.4. The second-order valence-corrected chi connectivity index (χ2v) is 5.18. The van der Waals surface area contributed by atoms with Crippen LogP contribution in [-0.4, -0.2) is 13.4 Å². The molecule has 0 amide bonds. The Labute approximate surface area is 125 Å². The molecule has 0 saturated heterocycles. The van der Waals surface area contributed by atoms with Crippen LogP contribution in [0.25, 0.3) is 0 Å². The van der Waals surface area contributed by atoms with Crippen LogP contribution in [0.5, 0.6) is 11.5 Å². The van der Waals surface area contributed by atoms with Gasteiger partial charge in [0.15, 0.2) is 6.29 Å². The van der Waals surface area contributed by atoms with Crippen molar-refractivity contribution in [1.29, 1.82) is 0 Å². The Morgan fingerprint density at radius 3 is 2.53 bits per heavy atom. The summed E-state index contributed by atoms with van der Waals surface area (Å²) < 4.78 is 12.0. The summed E-state index contributed by atoms with van der Waals surface area (Å²) in [5.74, 6) is 1.20. The van der Waals surface area contributed by atoms with Gasteiger partial charge in [0.1, 0.15) is 18.1 Å². The van der Waals surface area contributed by atoms with Gasteiger partial charge in [0, 0.05) is 9.64 Å². The molecule has 0 aliphatic heterocycles. The lowest BCUT2D eigenvalue weighted by atomic mass is 10.2. The van der Waals surface area contributed by atoms with Gasteiger partial charge in [-0.05, 0) is 52.4 Å². The second-order valence-electron chi connectivity index (χ2n) is 3.94. The molecular formula is C15H13IO3. The van der Waals surface area contributed by atoms with Gasteiger partial charge in [0.25, 0.3) is 0 Å². The molecule has 0 aliphatic carbocycles. The molecule has 0 bridgehead atoms. The molecule has 0 unspecified atom stereocenters. The first kappa shape index (κ1) is 13.9. The van der Waals surface area contributed by atoms with Gasteiger partial charge in [0.2, 0.25) is 0 Å². The fourth-order valence-corrected chi connectivity index (χ4v) is 1.97. The van der Waals surface area contributed by atoms with E-state index in [2.05, 4.69) is 22.6 Å². The normalized spacial score (nSPS) is 10.0. The first-order valence-electron chi connectivity index (χ1n) is 5.73. The van der Waals surface area contributed by atoms with Gasteiger partial charge in [-0.3, -0.25) is 4.79 Å². The highest BCUT2D eigenvalue weighted by Crippen LogP contribution is 2.24. The molecule has 3 nitrogen and oxygen atoms in total. The summed E-state index contributed by atoms with van der Waals surface area (Å²) >= 11 is 2.25. The maximum absolute atomic E-state index is 11.0. The van der Waals surface area contributed by atoms with Crippen molar-refractivity contribution in [2.45, 2.75) is 6.61 Å². The van der Waals surface area contributed by atoms with Crippen molar-refractivity contribution >= 4 is 28.9 Å². The molecular weight excluding hydrogens is 355 g/mol. The minimum atomic E-state index is 0.422. The molecule has 0 atom stereocenters. The van der Waals surface area contributed by atoms with Gasteiger partial charge in [-0.1, -0.05) is 12.1 Å². The molecule has 0 radical (unpaired) electrons. The monoisotopic (exact) mass is 368 g/mol. The summed E-state index contributed by atoms with van der Waals surface area (Å²) in [6, 6.07) is 13.2. The number of carbonyl (C=O) groups is 1. The van der Waals surface area contributed by atoms with Crippen LogP contribution in [0.3, 0.4) is 0 Å². The lowest BCUT2D eigenvalue weighted by Gasteiger charge is -2.10. The van der Waals surface area contributed by atoms with Crippen LogP contribution in [0.2, 0.25) is 0 Å². The van der Waals surface area contributed by atoms with Crippen molar-refractivity contribution in [2.75, 3.05) is 7.11 Å².